The Morgan fingerprint density at radius 3 is 2.67 bits per heavy atom. The monoisotopic (exact) mass is 288 g/mol. The molecule has 0 amide bonds. The Kier molecular flexibility index (Phi) is 2.23. The van der Waals surface area contributed by atoms with E-state index in [1.807, 2.05) is 0 Å². The van der Waals surface area contributed by atoms with Crippen LogP contribution < -0.4 is 0 Å². The summed E-state index contributed by atoms with van der Waals surface area (Å²) < 4.78 is 0. The molecule has 0 aliphatic heterocycles. The van der Waals surface area contributed by atoms with Gasteiger partial charge in [0.05, 0.1) is 6.10 Å². The molecule has 8 atom stereocenters. The average Bonchev–Trinajstić information content (AvgIpc) is 3.01. The maximum absolute atomic E-state index is 12.4. The van der Waals surface area contributed by atoms with Crippen LogP contribution in [-0.4, -0.2) is 17.0 Å². The summed E-state index contributed by atoms with van der Waals surface area (Å²) in [5, 5.41) is 11.0. The topological polar surface area (TPSA) is 37.3 Å². The van der Waals surface area contributed by atoms with Gasteiger partial charge in [-0.15, -0.1) is 0 Å². The van der Waals surface area contributed by atoms with Crippen molar-refractivity contribution in [3.63, 3.8) is 0 Å². The molecule has 0 aromatic heterocycles. The summed E-state index contributed by atoms with van der Waals surface area (Å²) in [5.74, 6) is 3.28. The third-order valence-electron chi connectivity index (χ3n) is 9.28. The van der Waals surface area contributed by atoms with Crippen LogP contribution in [0, 0.1) is 39.9 Å². The van der Waals surface area contributed by atoms with Crippen LogP contribution in [0.1, 0.15) is 65.2 Å². The Bertz CT molecular complexity index is 528. The van der Waals surface area contributed by atoms with Crippen LogP contribution in [-0.2, 0) is 4.79 Å². The fourth-order valence-corrected chi connectivity index (χ4v) is 8.08. The Hall–Kier alpha value is -0.370. The van der Waals surface area contributed by atoms with Crippen molar-refractivity contribution in [1.82, 2.24) is 0 Å². The van der Waals surface area contributed by atoms with Crippen molar-refractivity contribution in [2.45, 2.75) is 71.3 Å². The molecule has 5 aliphatic rings. The number of Topliss-reactive ketones (excluding diaryl/α,β-unsaturated/α-hetero) is 1. The summed E-state index contributed by atoms with van der Waals surface area (Å²) in [6.45, 7) is 4.73. The van der Waals surface area contributed by atoms with Gasteiger partial charge in [0.25, 0.3) is 0 Å². The van der Waals surface area contributed by atoms with Crippen molar-refractivity contribution in [3.05, 3.63) is 0 Å². The van der Waals surface area contributed by atoms with Crippen molar-refractivity contribution in [2.75, 3.05) is 0 Å². The maximum Gasteiger partial charge on any atom is 0.139 e. The largest absolute Gasteiger partial charge is 0.393 e. The minimum atomic E-state index is -0.0886. The number of carbonyl (C=O) groups excluding carboxylic acids is 1. The van der Waals surface area contributed by atoms with E-state index in [9.17, 15) is 9.90 Å². The van der Waals surface area contributed by atoms with Gasteiger partial charge in [-0.1, -0.05) is 13.8 Å². The molecule has 0 aromatic carbocycles. The first-order chi connectivity index (χ1) is 9.93. The number of rotatable bonds is 0. The fraction of sp³-hybridized carbons (Fsp3) is 0.947. The van der Waals surface area contributed by atoms with Crippen molar-refractivity contribution >= 4 is 5.78 Å². The van der Waals surface area contributed by atoms with Crippen LogP contribution in [0.2, 0.25) is 0 Å². The van der Waals surface area contributed by atoms with Crippen LogP contribution in [0.3, 0.4) is 0 Å². The van der Waals surface area contributed by atoms with Crippen molar-refractivity contribution in [1.29, 1.82) is 0 Å². The lowest BCUT2D eigenvalue weighted by atomic mass is 9.46. The Morgan fingerprint density at radius 2 is 1.90 bits per heavy atom. The van der Waals surface area contributed by atoms with E-state index in [4.69, 9.17) is 0 Å². The number of fused-ring (bicyclic) bond motifs is 4. The number of carbonyl (C=O) groups is 1. The minimum Gasteiger partial charge on any atom is -0.393 e. The van der Waals surface area contributed by atoms with Crippen LogP contribution in [0.4, 0.5) is 0 Å². The van der Waals surface area contributed by atoms with Crippen molar-refractivity contribution in [2.24, 2.45) is 39.9 Å². The van der Waals surface area contributed by atoms with Crippen LogP contribution in [0.25, 0.3) is 0 Å². The fourth-order valence-electron chi connectivity index (χ4n) is 8.08. The molecule has 5 aliphatic carbocycles. The van der Waals surface area contributed by atoms with Crippen LogP contribution in [0.15, 0.2) is 0 Å². The van der Waals surface area contributed by atoms with Crippen LogP contribution in [0.5, 0.6) is 0 Å². The molecule has 0 aromatic rings. The predicted molar refractivity (Wildman–Crippen MR) is 80.6 cm³/mol. The smallest absolute Gasteiger partial charge is 0.139 e. The highest BCUT2D eigenvalue weighted by Crippen LogP contribution is 2.81. The van der Waals surface area contributed by atoms with Gasteiger partial charge in [0.2, 0.25) is 0 Å². The van der Waals surface area contributed by atoms with E-state index in [2.05, 4.69) is 13.8 Å². The molecule has 2 heteroatoms. The third-order valence-corrected chi connectivity index (χ3v) is 9.28. The summed E-state index contributed by atoms with van der Waals surface area (Å²) >= 11 is 0. The quantitative estimate of drug-likeness (QED) is 0.740. The molecule has 1 N–H and O–H groups in total. The number of aliphatic hydroxyl groups excluding tert-OH is 1. The minimum absolute atomic E-state index is 0.0523. The molecule has 5 fully saturated rings. The van der Waals surface area contributed by atoms with Gasteiger partial charge in [0.1, 0.15) is 5.78 Å². The van der Waals surface area contributed by atoms with Gasteiger partial charge in [0.15, 0.2) is 0 Å². The van der Waals surface area contributed by atoms with Gasteiger partial charge in [-0.25, -0.2) is 0 Å². The van der Waals surface area contributed by atoms with E-state index < -0.39 is 0 Å². The van der Waals surface area contributed by atoms with Gasteiger partial charge in [-0.05, 0) is 74.0 Å². The van der Waals surface area contributed by atoms with E-state index in [0.29, 0.717) is 23.0 Å². The molecule has 0 radical (unpaired) electrons. The first-order valence-electron chi connectivity index (χ1n) is 9.15. The van der Waals surface area contributed by atoms with Crippen LogP contribution >= 0.6 is 0 Å². The molecule has 21 heavy (non-hydrogen) atoms. The summed E-state index contributed by atoms with van der Waals surface area (Å²) in [4.78, 5) is 12.4. The molecule has 6 unspecified atom stereocenters. The molecule has 2 nitrogen and oxygen atoms in total. The second-order valence-electron chi connectivity index (χ2n) is 9.44. The van der Waals surface area contributed by atoms with E-state index in [1.165, 1.54) is 25.7 Å². The molecule has 0 bridgehead atoms. The van der Waals surface area contributed by atoms with Crippen molar-refractivity contribution in [3.8, 4) is 0 Å². The molecular formula is C19H28O2. The number of hydrogen-bond acceptors (Lipinski definition) is 2. The average molecular weight is 288 g/mol. The number of ketones is 1. The second kappa shape index (κ2) is 3.58. The molecular weight excluding hydrogens is 260 g/mol. The number of hydrogen-bond donors (Lipinski definition) is 1. The zero-order valence-electron chi connectivity index (χ0n) is 13.4. The molecule has 5 saturated carbocycles. The number of aliphatic hydroxyl groups is 1. The first kappa shape index (κ1) is 13.1. The Balaban J connectivity index is 1.57. The summed E-state index contributed by atoms with van der Waals surface area (Å²) in [7, 11) is 0. The lowest BCUT2D eigenvalue weighted by molar-refractivity contribution is -0.154. The van der Waals surface area contributed by atoms with E-state index in [0.717, 1.165) is 37.5 Å². The molecule has 5 rings (SSSR count). The normalized spacial score (nSPS) is 64.5. The predicted octanol–water partition coefficient (Wildman–Crippen LogP) is 3.57. The lowest BCUT2D eigenvalue weighted by Crippen LogP contribution is -2.56. The third kappa shape index (κ3) is 1.22. The van der Waals surface area contributed by atoms with E-state index in [-0.39, 0.29) is 16.9 Å². The molecule has 116 valence electrons. The van der Waals surface area contributed by atoms with E-state index in [1.54, 1.807) is 0 Å². The van der Waals surface area contributed by atoms with Gasteiger partial charge >= 0.3 is 0 Å². The maximum atomic E-state index is 12.4. The molecule has 0 saturated heterocycles. The zero-order chi connectivity index (χ0) is 14.6. The van der Waals surface area contributed by atoms with Gasteiger partial charge in [0, 0.05) is 17.3 Å². The highest BCUT2D eigenvalue weighted by molar-refractivity contribution is 5.87. The van der Waals surface area contributed by atoms with Crippen molar-refractivity contribution < 1.29 is 9.90 Å². The first-order valence-corrected chi connectivity index (χ1v) is 9.15. The summed E-state index contributed by atoms with van der Waals surface area (Å²) in [5.41, 5.74) is 0.598. The summed E-state index contributed by atoms with van der Waals surface area (Å²) in [6.07, 6.45) is 9.10. The summed E-state index contributed by atoms with van der Waals surface area (Å²) in [6, 6.07) is 0. The van der Waals surface area contributed by atoms with Gasteiger partial charge < -0.3 is 5.11 Å². The van der Waals surface area contributed by atoms with Gasteiger partial charge in [-0.2, -0.15) is 0 Å². The Labute approximate surface area is 127 Å². The highest BCUT2D eigenvalue weighted by Gasteiger charge is 2.77. The highest BCUT2D eigenvalue weighted by atomic mass is 16.3. The van der Waals surface area contributed by atoms with E-state index >= 15 is 0 Å². The Morgan fingerprint density at radius 1 is 1.10 bits per heavy atom. The lowest BCUT2D eigenvalue weighted by Gasteiger charge is -2.59. The molecule has 1 spiro atoms. The zero-order valence-corrected chi connectivity index (χ0v) is 13.4. The molecule has 0 heterocycles. The second-order valence-corrected chi connectivity index (χ2v) is 9.44. The van der Waals surface area contributed by atoms with Gasteiger partial charge in [-0.3, -0.25) is 4.79 Å². The SMILES string of the molecule is CC12CCC3C(CC(O)[C@@]45C[C@H]4CCC35C)C1CCC2=O. The standard InChI is InChI=1S/C19H28O2/c1-17-7-6-14-12(13(17)3-4-15(17)20)9-16(21)19-10-11(19)5-8-18(14,19)2/h11-14,16,21H,3-10H2,1-2H3/t11-,12?,13?,14?,16?,17?,18?,19-/m1/s1.